The van der Waals surface area contributed by atoms with Crippen LogP contribution in [0.25, 0.3) is 0 Å². The van der Waals surface area contributed by atoms with Crippen molar-refractivity contribution in [3.05, 3.63) is 0 Å². The average molecular weight is 142 g/mol. The van der Waals surface area contributed by atoms with Gasteiger partial charge in [0, 0.05) is 6.42 Å². The Kier molecular flexibility index (Phi) is 1.95. The molecule has 1 aliphatic heterocycles. The largest absolute Gasteiger partial charge is 0.392 e. The Morgan fingerprint density at radius 2 is 2.50 bits per heavy atom. The lowest BCUT2D eigenvalue weighted by molar-refractivity contribution is -0.0478. The molecule has 0 aliphatic carbocycles. The molecule has 56 valence electrons. The Morgan fingerprint density at radius 1 is 1.80 bits per heavy atom. The fourth-order valence-corrected chi connectivity index (χ4v) is 1.02. The van der Waals surface area contributed by atoms with Gasteiger partial charge < -0.3 is 14.9 Å². The molecule has 0 aromatic carbocycles. The number of ether oxygens (including phenoxy) is 1. The van der Waals surface area contributed by atoms with E-state index in [4.69, 9.17) is 16.3 Å². The molecule has 3 heteroatoms. The van der Waals surface area contributed by atoms with Crippen molar-refractivity contribution in [2.24, 2.45) is 0 Å². The van der Waals surface area contributed by atoms with Crippen molar-refractivity contribution in [2.45, 2.75) is 18.1 Å². The summed E-state index contributed by atoms with van der Waals surface area (Å²) in [5, 5.41) is 18.0. The molecule has 0 saturated carbocycles. The van der Waals surface area contributed by atoms with E-state index in [1.165, 1.54) is 0 Å². The highest BCUT2D eigenvalue weighted by molar-refractivity contribution is 5.14. The van der Waals surface area contributed by atoms with Crippen LogP contribution in [0.15, 0.2) is 0 Å². The molecule has 10 heavy (non-hydrogen) atoms. The maximum atomic E-state index is 9.21. The minimum Gasteiger partial charge on any atom is -0.392 e. The monoisotopic (exact) mass is 142 g/mol. The van der Waals surface area contributed by atoms with Crippen LogP contribution >= 0.6 is 0 Å². The van der Waals surface area contributed by atoms with Crippen LogP contribution in [0.1, 0.15) is 6.42 Å². The standard InChI is InChI=1S/C7H10O3/c1-2-7(5-8)6(9)3-4-10-7/h1,6,8-9H,3-5H2/t6-,7+/m0/s1. The van der Waals surface area contributed by atoms with Crippen LogP contribution in [0.2, 0.25) is 0 Å². The fraction of sp³-hybridized carbons (Fsp3) is 0.714. The highest BCUT2D eigenvalue weighted by Crippen LogP contribution is 2.24. The first-order valence-electron chi connectivity index (χ1n) is 3.16. The first kappa shape index (κ1) is 7.55. The summed E-state index contributed by atoms with van der Waals surface area (Å²) < 4.78 is 5.02. The van der Waals surface area contributed by atoms with E-state index in [9.17, 15) is 5.11 Å². The highest BCUT2D eigenvalue weighted by Gasteiger charge is 2.41. The lowest BCUT2D eigenvalue weighted by Gasteiger charge is -2.22. The number of rotatable bonds is 1. The Bertz CT molecular complexity index is 161. The lowest BCUT2D eigenvalue weighted by Crippen LogP contribution is -2.41. The van der Waals surface area contributed by atoms with E-state index < -0.39 is 11.7 Å². The Labute approximate surface area is 59.6 Å². The first-order valence-corrected chi connectivity index (χ1v) is 3.16. The predicted molar refractivity (Wildman–Crippen MR) is 35.2 cm³/mol. The third-order valence-electron chi connectivity index (χ3n) is 1.77. The van der Waals surface area contributed by atoms with Crippen molar-refractivity contribution in [3.8, 4) is 12.3 Å². The van der Waals surface area contributed by atoms with Crippen LogP contribution in [0.3, 0.4) is 0 Å². The molecule has 0 bridgehead atoms. The molecule has 0 aromatic rings. The van der Waals surface area contributed by atoms with Crippen LogP contribution in [0.4, 0.5) is 0 Å². The van der Waals surface area contributed by atoms with Gasteiger partial charge in [0.1, 0.15) is 0 Å². The summed E-state index contributed by atoms with van der Waals surface area (Å²) >= 11 is 0. The summed E-state index contributed by atoms with van der Waals surface area (Å²) in [7, 11) is 0. The van der Waals surface area contributed by atoms with Crippen LogP contribution in [-0.4, -0.2) is 35.1 Å². The zero-order chi connectivity index (χ0) is 7.61. The van der Waals surface area contributed by atoms with Gasteiger partial charge in [0.25, 0.3) is 0 Å². The van der Waals surface area contributed by atoms with Crippen molar-refractivity contribution in [1.29, 1.82) is 0 Å². The molecule has 1 aliphatic rings. The second-order valence-corrected chi connectivity index (χ2v) is 2.34. The first-order chi connectivity index (χ1) is 4.75. The SMILES string of the molecule is C#C[C@]1(CO)OCC[C@@H]1O. The second-order valence-electron chi connectivity index (χ2n) is 2.34. The number of hydrogen-bond acceptors (Lipinski definition) is 3. The Hall–Kier alpha value is -0.560. The molecule has 2 N–H and O–H groups in total. The van der Waals surface area contributed by atoms with Gasteiger partial charge in [-0.2, -0.15) is 0 Å². The van der Waals surface area contributed by atoms with E-state index in [1.54, 1.807) is 0 Å². The lowest BCUT2D eigenvalue weighted by atomic mass is 9.99. The summed E-state index contributed by atoms with van der Waals surface area (Å²) in [5.41, 5.74) is -1.12. The van der Waals surface area contributed by atoms with Crippen molar-refractivity contribution in [3.63, 3.8) is 0 Å². The van der Waals surface area contributed by atoms with E-state index in [-0.39, 0.29) is 6.61 Å². The predicted octanol–water partition coefficient (Wildman–Crippen LogP) is -0.868. The minimum absolute atomic E-state index is 0.315. The fourth-order valence-electron chi connectivity index (χ4n) is 1.02. The molecule has 3 nitrogen and oxygen atoms in total. The molecule has 1 saturated heterocycles. The van der Waals surface area contributed by atoms with Crippen LogP contribution in [-0.2, 0) is 4.74 Å². The quantitative estimate of drug-likeness (QED) is 0.468. The van der Waals surface area contributed by atoms with Gasteiger partial charge in [-0.15, -0.1) is 6.42 Å². The molecular weight excluding hydrogens is 132 g/mol. The Morgan fingerprint density at radius 3 is 2.70 bits per heavy atom. The number of aliphatic hydroxyl groups is 2. The molecule has 1 heterocycles. The van der Waals surface area contributed by atoms with E-state index in [0.29, 0.717) is 13.0 Å². The summed E-state index contributed by atoms with van der Waals surface area (Å²) in [4.78, 5) is 0. The molecule has 0 spiro atoms. The van der Waals surface area contributed by atoms with Gasteiger partial charge in [-0.1, -0.05) is 5.92 Å². The summed E-state index contributed by atoms with van der Waals surface area (Å²) in [6.07, 6.45) is 4.86. The normalized spacial score (nSPS) is 39.5. The van der Waals surface area contributed by atoms with Gasteiger partial charge in [0.2, 0.25) is 0 Å². The van der Waals surface area contributed by atoms with Crippen LogP contribution in [0.5, 0.6) is 0 Å². The van der Waals surface area contributed by atoms with E-state index in [2.05, 4.69) is 5.92 Å². The number of terminal acetylenes is 1. The van der Waals surface area contributed by atoms with Crippen molar-refractivity contribution in [1.82, 2.24) is 0 Å². The third-order valence-corrected chi connectivity index (χ3v) is 1.77. The van der Waals surface area contributed by atoms with Gasteiger partial charge >= 0.3 is 0 Å². The molecule has 0 amide bonds. The highest BCUT2D eigenvalue weighted by atomic mass is 16.5. The molecular formula is C7H10O3. The average Bonchev–Trinajstić information content (AvgIpc) is 2.32. The third kappa shape index (κ3) is 0.907. The maximum Gasteiger partial charge on any atom is 0.176 e. The molecule has 2 atom stereocenters. The van der Waals surface area contributed by atoms with Gasteiger partial charge in [-0.25, -0.2) is 0 Å². The van der Waals surface area contributed by atoms with Gasteiger partial charge in [0.15, 0.2) is 5.60 Å². The molecule has 0 radical (unpaired) electrons. The molecule has 1 rings (SSSR count). The van der Waals surface area contributed by atoms with Crippen LogP contribution in [0, 0.1) is 12.3 Å². The maximum absolute atomic E-state index is 9.21. The van der Waals surface area contributed by atoms with Gasteiger partial charge in [-0.3, -0.25) is 0 Å². The minimum atomic E-state index is -1.12. The zero-order valence-corrected chi connectivity index (χ0v) is 5.58. The summed E-state index contributed by atoms with van der Waals surface area (Å²) in [5.74, 6) is 2.25. The topological polar surface area (TPSA) is 49.7 Å². The van der Waals surface area contributed by atoms with E-state index >= 15 is 0 Å². The van der Waals surface area contributed by atoms with E-state index in [0.717, 1.165) is 0 Å². The van der Waals surface area contributed by atoms with Crippen molar-refractivity contribution < 1.29 is 14.9 Å². The number of hydrogen-bond donors (Lipinski definition) is 2. The second kappa shape index (κ2) is 2.59. The Balaban J connectivity index is 2.74. The van der Waals surface area contributed by atoms with Gasteiger partial charge in [0.05, 0.1) is 19.3 Å². The van der Waals surface area contributed by atoms with Crippen molar-refractivity contribution >= 4 is 0 Å². The van der Waals surface area contributed by atoms with Crippen LogP contribution < -0.4 is 0 Å². The number of aliphatic hydroxyl groups excluding tert-OH is 2. The molecule has 0 unspecified atom stereocenters. The summed E-state index contributed by atoms with van der Waals surface area (Å²) in [6.45, 7) is 0.108. The smallest absolute Gasteiger partial charge is 0.176 e. The zero-order valence-electron chi connectivity index (χ0n) is 5.58. The molecule has 1 fully saturated rings. The van der Waals surface area contributed by atoms with Crippen molar-refractivity contribution in [2.75, 3.05) is 13.2 Å². The van der Waals surface area contributed by atoms with Gasteiger partial charge in [-0.05, 0) is 0 Å². The molecule has 0 aromatic heterocycles. The summed E-state index contributed by atoms with van der Waals surface area (Å²) in [6, 6.07) is 0. The van der Waals surface area contributed by atoms with E-state index in [1.807, 2.05) is 0 Å².